The van der Waals surface area contributed by atoms with E-state index in [-0.39, 0.29) is 11.9 Å². The SMILES string of the molecule is CC(NC(=O)c1oc2ccccc2c1CN(C)C)c1ccc(C#N)cc1. The first-order chi connectivity index (χ1) is 12.5. The minimum atomic E-state index is -0.241. The minimum absolute atomic E-state index is 0.198. The third-order valence-corrected chi connectivity index (χ3v) is 4.27. The number of para-hydroxylation sites is 1. The highest BCUT2D eigenvalue weighted by Crippen LogP contribution is 2.27. The summed E-state index contributed by atoms with van der Waals surface area (Å²) in [7, 11) is 3.92. The van der Waals surface area contributed by atoms with Crippen LogP contribution in [-0.4, -0.2) is 24.9 Å². The Kier molecular flexibility index (Phi) is 5.06. The van der Waals surface area contributed by atoms with Gasteiger partial charge in [-0.3, -0.25) is 4.79 Å². The lowest BCUT2D eigenvalue weighted by Gasteiger charge is -2.15. The summed E-state index contributed by atoms with van der Waals surface area (Å²) in [6, 6.07) is 16.8. The fourth-order valence-electron chi connectivity index (χ4n) is 2.95. The van der Waals surface area contributed by atoms with Crippen molar-refractivity contribution in [2.75, 3.05) is 14.1 Å². The minimum Gasteiger partial charge on any atom is -0.451 e. The number of carbonyl (C=O) groups excluding carboxylic acids is 1. The number of rotatable bonds is 5. The van der Waals surface area contributed by atoms with Gasteiger partial charge in [0.15, 0.2) is 5.76 Å². The lowest BCUT2D eigenvalue weighted by molar-refractivity contribution is 0.0912. The van der Waals surface area contributed by atoms with Crippen molar-refractivity contribution in [1.29, 1.82) is 5.26 Å². The van der Waals surface area contributed by atoms with Crippen molar-refractivity contribution in [3.8, 4) is 6.07 Å². The standard InChI is InChI=1S/C21H21N3O2/c1-14(16-10-8-15(12-22)9-11-16)23-21(25)20-18(13-24(2)3)17-6-4-5-7-19(17)26-20/h4-11,14H,13H2,1-3H3,(H,23,25). The summed E-state index contributed by atoms with van der Waals surface area (Å²) >= 11 is 0. The van der Waals surface area contributed by atoms with E-state index in [1.54, 1.807) is 12.1 Å². The predicted octanol–water partition coefficient (Wildman–Crippen LogP) is 3.86. The molecule has 3 aromatic rings. The molecule has 3 rings (SSSR count). The van der Waals surface area contributed by atoms with Crippen molar-refractivity contribution in [2.24, 2.45) is 0 Å². The molecule has 0 radical (unpaired) electrons. The van der Waals surface area contributed by atoms with Gasteiger partial charge in [-0.15, -0.1) is 0 Å². The molecule has 26 heavy (non-hydrogen) atoms. The molecular weight excluding hydrogens is 326 g/mol. The molecule has 0 saturated carbocycles. The molecule has 0 aliphatic rings. The van der Waals surface area contributed by atoms with Crippen LogP contribution in [0.1, 0.15) is 40.2 Å². The highest BCUT2D eigenvalue weighted by Gasteiger charge is 2.22. The van der Waals surface area contributed by atoms with E-state index < -0.39 is 0 Å². The van der Waals surface area contributed by atoms with E-state index in [0.29, 0.717) is 23.5 Å². The van der Waals surface area contributed by atoms with E-state index in [2.05, 4.69) is 11.4 Å². The van der Waals surface area contributed by atoms with Gasteiger partial charge in [-0.2, -0.15) is 5.26 Å². The number of hydrogen-bond acceptors (Lipinski definition) is 4. The number of furan rings is 1. The van der Waals surface area contributed by atoms with Crippen molar-refractivity contribution in [1.82, 2.24) is 10.2 Å². The van der Waals surface area contributed by atoms with Crippen LogP contribution in [0.2, 0.25) is 0 Å². The third-order valence-electron chi connectivity index (χ3n) is 4.27. The number of hydrogen-bond donors (Lipinski definition) is 1. The Morgan fingerprint density at radius 1 is 1.19 bits per heavy atom. The van der Waals surface area contributed by atoms with Gasteiger partial charge >= 0.3 is 0 Å². The second-order valence-electron chi connectivity index (χ2n) is 6.57. The topological polar surface area (TPSA) is 69.3 Å². The van der Waals surface area contributed by atoms with E-state index in [0.717, 1.165) is 16.5 Å². The third kappa shape index (κ3) is 3.61. The summed E-state index contributed by atoms with van der Waals surface area (Å²) in [5.74, 6) is 0.107. The molecular formula is C21H21N3O2. The van der Waals surface area contributed by atoms with Crippen LogP contribution in [0.25, 0.3) is 11.0 Å². The molecule has 0 bridgehead atoms. The Morgan fingerprint density at radius 2 is 1.88 bits per heavy atom. The van der Waals surface area contributed by atoms with Gasteiger partial charge in [-0.25, -0.2) is 0 Å². The zero-order valence-electron chi connectivity index (χ0n) is 15.1. The van der Waals surface area contributed by atoms with Crippen molar-refractivity contribution in [3.63, 3.8) is 0 Å². The molecule has 0 spiro atoms. The van der Waals surface area contributed by atoms with Crippen LogP contribution in [0, 0.1) is 11.3 Å². The average Bonchev–Trinajstić information content (AvgIpc) is 3.00. The molecule has 1 N–H and O–H groups in total. The number of amides is 1. The summed E-state index contributed by atoms with van der Waals surface area (Å²) in [6.07, 6.45) is 0. The second kappa shape index (κ2) is 7.42. The van der Waals surface area contributed by atoms with Gasteiger partial charge in [-0.05, 0) is 44.8 Å². The number of nitrogens with zero attached hydrogens (tertiary/aromatic N) is 2. The van der Waals surface area contributed by atoms with Crippen LogP contribution in [0.15, 0.2) is 52.9 Å². The first-order valence-corrected chi connectivity index (χ1v) is 8.45. The van der Waals surface area contributed by atoms with Gasteiger partial charge < -0.3 is 14.6 Å². The quantitative estimate of drug-likeness (QED) is 0.761. The molecule has 0 aliphatic heterocycles. The van der Waals surface area contributed by atoms with Crippen LogP contribution in [0.5, 0.6) is 0 Å². The Morgan fingerprint density at radius 3 is 2.54 bits per heavy atom. The van der Waals surface area contributed by atoms with Crippen LogP contribution < -0.4 is 5.32 Å². The van der Waals surface area contributed by atoms with Gasteiger partial charge in [0.1, 0.15) is 5.58 Å². The summed E-state index contributed by atoms with van der Waals surface area (Å²) in [4.78, 5) is 14.9. The Bertz CT molecular complexity index is 965. The smallest absolute Gasteiger partial charge is 0.287 e. The Hall–Kier alpha value is -3.10. The molecule has 5 nitrogen and oxygen atoms in total. The monoisotopic (exact) mass is 347 g/mol. The molecule has 5 heteroatoms. The Balaban J connectivity index is 1.88. The second-order valence-corrected chi connectivity index (χ2v) is 6.57. The first-order valence-electron chi connectivity index (χ1n) is 8.45. The molecule has 0 fully saturated rings. The maximum absolute atomic E-state index is 12.8. The van der Waals surface area contributed by atoms with Crippen LogP contribution in [-0.2, 0) is 6.54 Å². The molecule has 2 aromatic carbocycles. The van der Waals surface area contributed by atoms with E-state index in [4.69, 9.17) is 9.68 Å². The lowest BCUT2D eigenvalue weighted by Crippen LogP contribution is -2.27. The highest BCUT2D eigenvalue weighted by molar-refractivity contribution is 5.99. The summed E-state index contributed by atoms with van der Waals surface area (Å²) in [5.41, 5.74) is 3.12. The summed E-state index contributed by atoms with van der Waals surface area (Å²) in [6.45, 7) is 2.53. The number of fused-ring (bicyclic) bond motifs is 1. The van der Waals surface area contributed by atoms with Gasteiger partial charge in [0.2, 0.25) is 0 Å². The number of nitriles is 1. The zero-order valence-corrected chi connectivity index (χ0v) is 15.1. The van der Waals surface area contributed by atoms with Crippen molar-refractivity contribution in [2.45, 2.75) is 19.5 Å². The van der Waals surface area contributed by atoms with Crippen molar-refractivity contribution in [3.05, 3.63) is 71.0 Å². The molecule has 1 atom stereocenters. The summed E-state index contributed by atoms with van der Waals surface area (Å²) in [5, 5.41) is 12.8. The maximum Gasteiger partial charge on any atom is 0.287 e. The Labute approximate surface area is 152 Å². The maximum atomic E-state index is 12.8. The van der Waals surface area contributed by atoms with Gasteiger partial charge in [0.05, 0.1) is 17.7 Å². The first kappa shape index (κ1) is 17.7. The van der Waals surface area contributed by atoms with Crippen molar-refractivity contribution < 1.29 is 9.21 Å². The van der Waals surface area contributed by atoms with E-state index in [1.807, 2.05) is 62.3 Å². The van der Waals surface area contributed by atoms with E-state index >= 15 is 0 Å². The molecule has 1 amide bonds. The van der Waals surface area contributed by atoms with E-state index in [9.17, 15) is 4.79 Å². The molecule has 1 aromatic heterocycles. The van der Waals surface area contributed by atoms with Gasteiger partial charge in [0.25, 0.3) is 5.91 Å². The normalized spacial score (nSPS) is 12.1. The summed E-state index contributed by atoms with van der Waals surface area (Å²) < 4.78 is 5.85. The largest absolute Gasteiger partial charge is 0.451 e. The van der Waals surface area contributed by atoms with Crippen LogP contribution >= 0.6 is 0 Å². The fraction of sp³-hybridized carbons (Fsp3) is 0.238. The predicted molar refractivity (Wildman–Crippen MR) is 101 cm³/mol. The highest BCUT2D eigenvalue weighted by atomic mass is 16.3. The lowest BCUT2D eigenvalue weighted by atomic mass is 10.1. The zero-order chi connectivity index (χ0) is 18.7. The van der Waals surface area contributed by atoms with Crippen molar-refractivity contribution >= 4 is 16.9 Å². The molecule has 0 saturated heterocycles. The van der Waals surface area contributed by atoms with Gasteiger partial charge in [0, 0.05) is 17.5 Å². The molecule has 1 unspecified atom stereocenters. The molecule has 0 aliphatic carbocycles. The van der Waals surface area contributed by atoms with Crippen LogP contribution in [0.4, 0.5) is 0 Å². The fourth-order valence-corrected chi connectivity index (χ4v) is 2.95. The van der Waals surface area contributed by atoms with Crippen LogP contribution in [0.3, 0.4) is 0 Å². The number of nitrogens with one attached hydrogen (secondary N) is 1. The van der Waals surface area contributed by atoms with E-state index in [1.165, 1.54) is 0 Å². The number of benzene rings is 2. The van der Waals surface area contributed by atoms with Gasteiger partial charge in [-0.1, -0.05) is 30.3 Å². The average molecular weight is 347 g/mol. The number of carbonyl (C=O) groups is 1. The molecule has 1 heterocycles. The molecule has 132 valence electrons.